The molecule has 0 fully saturated rings. The van der Waals surface area contributed by atoms with E-state index >= 15 is 0 Å². The number of benzene rings is 2. The van der Waals surface area contributed by atoms with E-state index in [2.05, 4.69) is 5.32 Å². The van der Waals surface area contributed by atoms with Gasteiger partial charge in [0.1, 0.15) is 17.2 Å². The molecule has 5 heteroatoms. The Kier molecular flexibility index (Phi) is 6.69. The van der Waals surface area contributed by atoms with E-state index in [1.165, 1.54) is 0 Å². The van der Waals surface area contributed by atoms with Crippen LogP contribution in [0.4, 0.5) is 5.69 Å². The van der Waals surface area contributed by atoms with Gasteiger partial charge in [-0.2, -0.15) is 0 Å². The van der Waals surface area contributed by atoms with Gasteiger partial charge >= 0.3 is 0 Å². The molecule has 5 nitrogen and oxygen atoms in total. The number of rotatable bonds is 8. The van der Waals surface area contributed by atoms with Crippen molar-refractivity contribution < 1.29 is 19.0 Å². The van der Waals surface area contributed by atoms with Crippen LogP contribution in [0.3, 0.4) is 0 Å². The fourth-order valence-corrected chi connectivity index (χ4v) is 2.27. The highest BCUT2D eigenvalue weighted by Gasteiger charge is 2.18. The summed E-state index contributed by atoms with van der Waals surface area (Å²) in [6, 6.07) is 14.5. The smallest absolute Gasteiger partial charge is 0.265 e. The van der Waals surface area contributed by atoms with Crippen LogP contribution < -0.4 is 19.5 Å². The lowest BCUT2D eigenvalue weighted by Gasteiger charge is -2.18. The van der Waals surface area contributed by atoms with Crippen molar-refractivity contribution in [1.82, 2.24) is 0 Å². The minimum Gasteiger partial charge on any atom is -0.497 e. The van der Waals surface area contributed by atoms with Crippen LogP contribution in [0.1, 0.15) is 27.2 Å². The standard InChI is InChI=1S/C20H25NO4/c1-5-19(25-18-8-6-7-17(13-18)23-4)20(22)21-15-9-11-16(12-10-15)24-14(2)3/h6-14,19H,5H2,1-4H3,(H,21,22)/t19-/m1/s1. The Morgan fingerprint density at radius 3 is 2.28 bits per heavy atom. The number of carbonyl (C=O) groups excluding carboxylic acids is 1. The number of ether oxygens (including phenoxy) is 3. The molecule has 1 atom stereocenters. The highest BCUT2D eigenvalue weighted by molar-refractivity contribution is 5.94. The fourth-order valence-electron chi connectivity index (χ4n) is 2.27. The van der Waals surface area contributed by atoms with Crippen LogP contribution in [-0.4, -0.2) is 25.2 Å². The summed E-state index contributed by atoms with van der Waals surface area (Å²) in [6.07, 6.45) is 0.0808. The molecule has 0 heterocycles. The number of nitrogens with one attached hydrogen (secondary N) is 1. The van der Waals surface area contributed by atoms with E-state index in [1.54, 1.807) is 19.2 Å². The Morgan fingerprint density at radius 2 is 1.68 bits per heavy atom. The lowest BCUT2D eigenvalue weighted by molar-refractivity contribution is -0.122. The average molecular weight is 343 g/mol. The van der Waals surface area contributed by atoms with E-state index in [0.29, 0.717) is 23.6 Å². The second-order valence-electron chi connectivity index (χ2n) is 5.87. The van der Waals surface area contributed by atoms with Crippen molar-refractivity contribution in [2.24, 2.45) is 0 Å². The predicted molar refractivity (Wildman–Crippen MR) is 98.5 cm³/mol. The van der Waals surface area contributed by atoms with Gasteiger partial charge in [-0.1, -0.05) is 13.0 Å². The molecule has 0 saturated carbocycles. The van der Waals surface area contributed by atoms with Gasteiger partial charge in [0.15, 0.2) is 6.10 Å². The van der Waals surface area contributed by atoms with E-state index in [0.717, 1.165) is 5.75 Å². The lowest BCUT2D eigenvalue weighted by Crippen LogP contribution is -2.32. The maximum absolute atomic E-state index is 12.5. The van der Waals surface area contributed by atoms with Crippen LogP contribution in [0.25, 0.3) is 0 Å². The normalized spacial score (nSPS) is 11.7. The molecule has 2 rings (SSSR count). The molecule has 0 aliphatic carbocycles. The summed E-state index contributed by atoms with van der Waals surface area (Å²) in [6.45, 7) is 5.85. The number of hydrogen-bond acceptors (Lipinski definition) is 4. The van der Waals surface area contributed by atoms with Crippen molar-refractivity contribution in [3.8, 4) is 17.2 Å². The summed E-state index contributed by atoms with van der Waals surface area (Å²) in [5.74, 6) is 1.87. The third kappa shape index (κ3) is 5.71. The first-order valence-electron chi connectivity index (χ1n) is 8.40. The largest absolute Gasteiger partial charge is 0.497 e. The fraction of sp³-hybridized carbons (Fsp3) is 0.350. The third-order valence-electron chi connectivity index (χ3n) is 3.48. The molecule has 25 heavy (non-hydrogen) atoms. The first-order valence-corrected chi connectivity index (χ1v) is 8.40. The molecule has 0 radical (unpaired) electrons. The zero-order valence-corrected chi connectivity index (χ0v) is 15.1. The van der Waals surface area contributed by atoms with Crippen molar-refractivity contribution in [3.63, 3.8) is 0 Å². The Labute approximate surface area is 148 Å². The number of amides is 1. The van der Waals surface area contributed by atoms with Gasteiger partial charge in [0.05, 0.1) is 13.2 Å². The van der Waals surface area contributed by atoms with E-state index in [1.807, 2.05) is 57.2 Å². The maximum Gasteiger partial charge on any atom is 0.265 e. The summed E-state index contributed by atoms with van der Waals surface area (Å²) in [5.41, 5.74) is 0.703. The molecule has 0 spiro atoms. The summed E-state index contributed by atoms with van der Waals surface area (Å²) < 4.78 is 16.6. The van der Waals surface area contributed by atoms with Crippen molar-refractivity contribution in [3.05, 3.63) is 48.5 Å². The van der Waals surface area contributed by atoms with Gasteiger partial charge in [0.25, 0.3) is 5.91 Å². The topological polar surface area (TPSA) is 56.8 Å². The highest BCUT2D eigenvalue weighted by Crippen LogP contribution is 2.22. The van der Waals surface area contributed by atoms with Crippen LogP contribution >= 0.6 is 0 Å². The Morgan fingerprint density at radius 1 is 1.00 bits per heavy atom. The van der Waals surface area contributed by atoms with Gasteiger partial charge in [0.2, 0.25) is 0 Å². The Balaban J connectivity index is 1.99. The zero-order chi connectivity index (χ0) is 18.2. The molecule has 1 amide bonds. The van der Waals surface area contributed by atoms with E-state index in [4.69, 9.17) is 14.2 Å². The number of methoxy groups -OCH3 is 1. The quantitative estimate of drug-likeness (QED) is 0.777. The van der Waals surface area contributed by atoms with E-state index in [9.17, 15) is 4.79 Å². The van der Waals surface area contributed by atoms with Gasteiger partial charge in [0, 0.05) is 11.8 Å². The van der Waals surface area contributed by atoms with Gasteiger partial charge < -0.3 is 19.5 Å². The summed E-state index contributed by atoms with van der Waals surface area (Å²) in [7, 11) is 1.59. The van der Waals surface area contributed by atoms with E-state index < -0.39 is 6.10 Å². The first kappa shape index (κ1) is 18.6. The highest BCUT2D eigenvalue weighted by atomic mass is 16.5. The molecular weight excluding hydrogens is 318 g/mol. The van der Waals surface area contributed by atoms with Crippen molar-refractivity contribution in [2.75, 3.05) is 12.4 Å². The average Bonchev–Trinajstić information content (AvgIpc) is 2.61. The molecule has 0 aliphatic rings. The Hall–Kier alpha value is -2.69. The Bertz CT molecular complexity index is 682. The number of carbonyl (C=O) groups is 1. The summed E-state index contributed by atoms with van der Waals surface area (Å²) in [5, 5.41) is 2.87. The minimum atomic E-state index is -0.585. The molecule has 2 aromatic carbocycles. The molecule has 0 unspecified atom stereocenters. The number of anilines is 1. The van der Waals surface area contributed by atoms with Gasteiger partial charge in [-0.05, 0) is 56.7 Å². The van der Waals surface area contributed by atoms with Crippen molar-refractivity contribution >= 4 is 11.6 Å². The lowest BCUT2D eigenvalue weighted by atomic mass is 10.2. The molecule has 0 bridgehead atoms. The predicted octanol–water partition coefficient (Wildman–Crippen LogP) is 4.28. The monoisotopic (exact) mass is 343 g/mol. The molecule has 0 aromatic heterocycles. The van der Waals surface area contributed by atoms with Crippen LogP contribution in [0, 0.1) is 0 Å². The third-order valence-corrected chi connectivity index (χ3v) is 3.48. The second kappa shape index (κ2) is 8.97. The van der Waals surface area contributed by atoms with Crippen molar-refractivity contribution in [1.29, 1.82) is 0 Å². The van der Waals surface area contributed by atoms with Crippen LogP contribution in [0.5, 0.6) is 17.2 Å². The number of hydrogen-bond donors (Lipinski definition) is 1. The summed E-state index contributed by atoms with van der Waals surface area (Å²) in [4.78, 5) is 12.5. The molecule has 0 aliphatic heterocycles. The first-order chi connectivity index (χ1) is 12.0. The summed E-state index contributed by atoms with van der Waals surface area (Å²) >= 11 is 0. The maximum atomic E-state index is 12.5. The van der Waals surface area contributed by atoms with Gasteiger partial charge in [-0.15, -0.1) is 0 Å². The minimum absolute atomic E-state index is 0.112. The van der Waals surface area contributed by atoms with Crippen molar-refractivity contribution in [2.45, 2.75) is 39.4 Å². The molecule has 2 aromatic rings. The van der Waals surface area contributed by atoms with Crippen LogP contribution in [0.15, 0.2) is 48.5 Å². The molecule has 134 valence electrons. The zero-order valence-electron chi connectivity index (χ0n) is 15.1. The molecule has 1 N–H and O–H groups in total. The molecular formula is C20H25NO4. The van der Waals surface area contributed by atoms with Gasteiger partial charge in [-0.25, -0.2) is 0 Å². The van der Waals surface area contributed by atoms with Gasteiger partial charge in [-0.3, -0.25) is 4.79 Å². The SMILES string of the molecule is CC[C@@H](Oc1cccc(OC)c1)C(=O)Nc1ccc(OC(C)C)cc1. The molecule has 0 saturated heterocycles. The second-order valence-corrected chi connectivity index (χ2v) is 5.87. The van der Waals surface area contributed by atoms with Crippen LogP contribution in [0.2, 0.25) is 0 Å². The van der Waals surface area contributed by atoms with E-state index in [-0.39, 0.29) is 12.0 Å². The van der Waals surface area contributed by atoms with Crippen LogP contribution in [-0.2, 0) is 4.79 Å².